The van der Waals surface area contributed by atoms with Crippen molar-refractivity contribution in [2.45, 2.75) is 13.0 Å². The van der Waals surface area contributed by atoms with Gasteiger partial charge in [0, 0.05) is 0 Å². The Bertz CT molecular complexity index is 327. The molecule has 0 saturated heterocycles. The molecule has 1 unspecified atom stereocenters. The molecular formula is C8H14N4O5. The normalized spacial score (nSPS) is 11.4. The first-order valence-corrected chi connectivity index (χ1v) is 4.59. The van der Waals surface area contributed by atoms with E-state index < -0.39 is 42.9 Å². The van der Waals surface area contributed by atoms with Gasteiger partial charge in [-0.1, -0.05) is 0 Å². The van der Waals surface area contributed by atoms with E-state index in [1.165, 1.54) is 6.92 Å². The second-order valence-electron chi connectivity index (χ2n) is 3.28. The molecule has 17 heavy (non-hydrogen) atoms. The maximum absolute atomic E-state index is 11.6. The van der Waals surface area contributed by atoms with E-state index in [1.54, 1.807) is 0 Å². The second kappa shape index (κ2) is 6.30. The topological polar surface area (TPSA) is 156 Å². The monoisotopic (exact) mass is 246 g/mol. The molecule has 96 valence electrons. The van der Waals surface area contributed by atoms with Crippen LogP contribution in [0.1, 0.15) is 6.92 Å². The number of nitrogens with one attached hydrogen (secondary N) is 1. The number of primary amides is 2. The van der Waals surface area contributed by atoms with Crippen LogP contribution < -0.4 is 16.8 Å². The van der Waals surface area contributed by atoms with Gasteiger partial charge >= 0.3 is 12.0 Å². The number of hydrogen-bond acceptors (Lipinski definition) is 4. The lowest BCUT2D eigenvalue weighted by molar-refractivity contribution is -0.146. The number of urea groups is 1. The molecule has 0 spiro atoms. The van der Waals surface area contributed by atoms with Gasteiger partial charge in [0.1, 0.15) is 19.1 Å². The number of carbonyl (C=O) groups is 4. The first kappa shape index (κ1) is 14.7. The molecule has 9 nitrogen and oxygen atoms in total. The molecule has 0 aromatic heterocycles. The number of aliphatic carboxylic acids is 1. The molecular weight excluding hydrogens is 232 g/mol. The Balaban J connectivity index is 4.66. The molecule has 4 amide bonds. The minimum atomic E-state index is -1.30. The average Bonchev–Trinajstić information content (AvgIpc) is 2.12. The van der Waals surface area contributed by atoms with E-state index in [2.05, 4.69) is 5.32 Å². The zero-order valence-corrected chi connectivity index (χ0v) is 9.17. The zero-order chi connectivity index (χ0) is 13.6. The van der Waals surface area contributed by atoms with Crippen LogP contribution in [-0.2, 0) is 14.4 Å². The number of hydrogen-bond donors (Lipinski definition) is 4. The van der Waals surface area contributed by atoms with E-state index >= 15 is 0 Å². The summed E-state index contributed by atoms with van der Waals surface area (Å²) >= 11 is 0. The van der Waals surface area contributed by atoms with E-state index in [-0.39, 0.29) is 0 Å². The third kappa shape index (κ3) is 5.97. The largest absolute Gasteiger partial charge is 0.480 e. The lowest BCUT2D eigenvalue weighted by Crippen LogP contribution is -2.51. The molecule has 0 fully saturated rings. The van der Waals surface area contributed by atoms with Crippen LogP contribution in [0, 0.1) is 0 Å². The summed E-state index contributed by atoms with van der Waals surface area (Å²) in [5, 5.41) is 10.6. The highest BCUT2D eigenvalue weighted by Gasteiger charge is 2.24. The van der Waals surface area contributed by atoms with Gasteiger partial charge in [0.05, 0.1) is 0 Å². The van der Waals surface area contributed by atoms with Crippen LogP contribution in [0.25, 0.3) is 0 Å². The lowest BCUT2D eigenvalue weighted by atomic mass is 10.2. The standard InChI is InChI=1S/C8H14N4O5/c1-4(11-8(10)17)7(16)12(2-5(9)13)3-6(14)15/h4H,2-3H2,1H3,(H2,9,13)(H,14,15)(H3,10,11,17). The fraction of sp³-hybridized carbons (Fsp3) is 0.500. The van der Waals surface area contributed by atoms with Crippen LogP contribution in [0.15, 0.2) is 0 Å². The second-order valence-corrected chi connectivity index (χ2v) is 3.28. The smallest absolute Gasteiger partial charge is 0.323 e. The van der Waals surface area contributed by atoms with Crippen molar-refractivity contribution in [2.75, 3.05) is 13.1 Å². The lowest BCUT2D eigenvalue weighted by Gasteiger charge is -2.22. The van der Waals surface area contributed by atoms with Gasteiger partial charge in [0.15, 0.2) is 0 Å². The maximum atomic E-state index is 11.6. The summed E-state index contributed by atoms with van der Waals surface area (Å²) in [7, 11) is 0. The number of rotatable bonds is 6. The average molecular weight is 246 g/mol. The molecule has 9 heteroatoms. The molecule has 0 saturated carbocycles. The van der Waals surface area contributed by atoms with E-state index in [0.717, 1.165) is 0 Å². The first-order chi connectivity index (χ1) is 7.73. The summed E-state index contributed by atoms with van der Waals surface area (Å²) in [5.41, 5.74) is 9.68. The molecule has 6 N–H and O–H groups in total. The fourth-order valence-corrected chi connectivity index (χ4v) is 1.11. The van der Waals surface area contributed by atoms with Crippen molar-refractivity contribution in [2.24, 2.45) is 11.5 Å². The van der Waals surface area contributed by atoms with E-state index in [0.29, 0.717) is 4.90 Å². The van der Waals surface area contributed by atoms with E-state index in [1.807, 2.05) is 0 Å². The van der Waals surface area contributed by atoms with Gasteiger partial charge < -0.3 is 26.8 Å². The highest BCUT2D eigenvalue weighted by molar-refractivity contribution is 5.91. The van der Waals surface area contributed by atoms with Crippen molar-refractivity contribution < 1.29 is 24.3 Å². The highest BCUT2D eigenvalue weighted by atomic mass is 16.4. The number of carboxylic acid groups (broad SMARTS) is 1. The third-order valence-electron chi connectivity index (χ3n) is 1.71. The van der Waals surface area contributed by atoms with Crippen molar-refractivity contribution in [3.05, 3.63) is 0 Å². The Hall–Kier alpha value is -2.32. The van der Waals surface area contributed by atoms with Crippen LogP contribution in [0.4, 0.5) is 4.79 Å². The van der Waals surface area contributed by atoms with Gasteiger partial charge in [-0.2, -0.15) is 0 Å². The number of nitrogens with two attached hydrogens (primary N) is 2. The van der Waals surface area contributed by atoms with Gasteiger partial charge in [0.2, 0.25) is 11.8 Å². The molecule has 0 aromatic rings. The van der Waals surface area contributed by atoms with Crippen molar-refractivity contribution in [3.63, 3.8) is 0 Å². The third-order valence-corrected chi connectivity index (χ3v) is 1.71. The molecule has 0 aliphatic carbocycles. The highest BCUT2D eigenvalue weighted by Crippen LogP contribution is 1.95. The Morgan fingerprint density at radius 3 is 2.12 bits per heavy atom. The van der Waals surface area contributed by atoms with Crippen molar-refractivity contribution >= 4 is 23.8 Å². The van der Waals surface area contributed by atoms with Crippen LogP contribution in [-0.4, -0.2) is 53.0 Å². The molecule has 0 aromatic carbocycles. The molecule has 0 heterocycles. The van der Waals surface area contributed by atoms with Gasteiger partial charge in [-0.15, -0.1) is 0 Å². The Morgan fingerprint density at radius 1 is 1.24 bits per heavy atom. The Kier molecular flexibility index (Phi) is 5.44. The molecule has 0 aliphatic rings. The predicted octanol–water partition coefficient (Wildman–Crippen LogP) is -2.56. The number of nitrogens with zero attached hydrogens (tertiary/aromatic N) is 1. The summed E-state index contributed by atoms with van der Waals surface area (Å²) in [6, 6.07) is -1.97. The van der Waals surface area contributed by atoms with E-state index in [9.17, 15) is 19.2 Å². The van der Waals surface area contributed by atoms with E-state index in [4.69, 9.17) is 16.6 Å². The molecule has 0 bridgehead atoms. The van der Waals surface area contributed by atoms with Crippen molar-refractivity contribution in [3.8, 4) is 0 Å². The SMILES string of the molecule is CC(NC(N)=O)C(=O)N(CC(N)=O)CC(=O)O. The summed E-state index contributed by atoms with van der Waals surface area (Å²) < 4.78 is 0. The number of carboxylic acids is 1. The summed E-state index contributed by atoms with van der Waals surface area (Å²) in [6.07, 6.45) is 0. The van der Waals surface area contributed by atoms with Gasteiger partial charge in [-0.3, -0.25) is 14.4 Å². The maximum Gasteiger partial charge on any atom is 0.323 e. The van der Waals surface area contributed by atoms with Crippen molar-refractivity contribution in [1.82, 2.24) is 10.2 Å². The molecule has 1 atom stereocenters. The van der Waals surface area contributed by atoms with Crippen LogP contribution in [0.5, 0.6) is 0 Å². The predicted molar refractivity (Wildman–Crippen MR) is 55.6 cm³/mol. The summed E-state index contributed by atoms with van der Waals surface area (Å²) in [4.78, 5) is 44.0. The molecule has 0 rings (SSSR count). The quantitative estimate of drug-likeness (QED) is 0.405. The fourth-order valence-electron chi connectivity index (χ4n) is 1.11. The minimum absolute atomic E-state index is 0.546. The minimum Gasteiger partial charge on any atom is -0.480 e. The van der Waals surface area contributed by atoms with Crippen LogP contribution >= 0.6 is 0 Å². The Morgan fingerprint density at radius 2 is 1.76 bits per heavy atom. The summed E-state index contributed by atoms with van der Waals surface area (Å²) in [6.45, 7) is 0.0748. The number of amides is 4. The van der Waals surface area contributed by atoms with Crippen LogP contribution in [0.3, 0.4) is 0 Å². The Labute approximate surface area is 96.7 Å². The van der Waals surface area contributed by atoms with Gasteiger partial charge in [-0.05, 0) is 6.92 Å². The van der Waals surface area contributed by atoms with Crippen molar-refractivity contribution in [1.29, 1.82) is 0 Å². The van der Waals surface area contributed by atoms with Gasteiger partial charge in [-0.25, -0.2) is 4.79 Å². The number of carbonyl (C=O) groups excluding carboxylic acids is 3. The first-order valence-electron chi connectivity index (χ1n) is 4.59. The molecule has 0 radical (unpaired) electrons. The van der Waals surface area contributed by atoms with Crippen LogP contribution in [0.2, 0.25) is 0 Å². The zero-order valence-electron chi connectivity index (χ0n) is 9.17. The molecule has 0 aliphatic heterocycles. The van der Waals surface area contributed by atoms with Gasteiger partial charge in [0.25, 0.3) is 0 Å². The summed E-state index contributed by atoms with van der Waals surface area (Å²) in [5.74, 6) is -2.92.